The van der Waals surface area contributed by atoms with Crippen LogP contribution in [0.25, 0.3) is 0 Å². The number of hydrogen-bond acceptors (Lipinski definition) is 3. The fraction of sp³-hybridized carbons (Fsp3) is 0.833. The zero-order valence-corrected chi connectivity index (χ0v) is 15.4. The number of hydrogen-bond donors (Lipinski definition) is 2. The molecule has 0 aromatic rings. The van der Waals surface area contributed by atoms with Crippen molar-refractivity contribution in [1.82, 2.24) is 10.6 Å². The molecule has 1 saturated carbocycles. The Morgan fingerprint density at radius 1 is 0.870 bits per heavy atom. The van der Waals surface area contributed by atoms with Crippen LogP contribution in [0.4, 0.5) is 0 Å². The van der Waals surface area contributed by atoms with Crippen molar-refractivity contribution < 1.29 is 28.1 Å². The average Bonchev–Trinajstić information content (AvgIpc) is 2.49. The molecule has 0 unspecified atom stereocenters. The fourth-order valence-corrected chi connectivity index (χ4v) is 4.70. The van der Waals surface area contributed by atoms with Crippen LogP contribution in [0.15, 0.2) is 0 Å². The van der Waals surface area contributed by atoms with Gasteiger partial charge >= 0.3 is 0 Å². The Kier molecular flexibility index (Phi) is 7.51. The first-order chi connectivity index (χ1) is 10.7. The molecule has 4 nitrogen and oxygen atoms in total. The van der Waals surface area contributed by atoms with Crippen LogP contribution in [0.2, 0.25) is 0 Å². The van der Waals surface area contributed by atoms with Gasteiger partial charge in [0, 0.05) is 25.0 Å². The van der Waals surface area contributed by atoms with Crippen molar-refractivity contribution in [1.29, 1.82) is 0 Å². The van der Waals surface area contributed by atoms with E-state index in [-0.39, 0.29) is 30.4 Å². The van der Waals surface area contributed by atoms with Crippen LogP contribution >= 0.6 is 0 Å². The molecular weight excluding hydrogens is 327 g/mol. The summed E-state index contributed by atoms with van der Waals surface area (Å²) in [5, 5.41) is 5.97. The van der Waals surface area contributed by atoms with Crippen molar-refractivity contribution in [2.75, 3.05) is 13.1 Å². The topological polar surface area (TPSA) is 58.2 Å². The first-order valence-corrected chi connectivity index (χ1v) is 9.14. The molecule has 1 aliphatic carbocycles. The number of piperidine rings is 2. The summed E-state index contributed by atoms with van der Waals surface area (Å²) in [5.74, 6) is 3.04. The van der Waals surface area contributed by atoms with E-state index in [1.54, 1.807) is 0 Å². The summed E-state index contributed by atoms with van der Waals surface area (Å²) in [6.07, 6.45) is 11.3. The first-order valence-electron chi connectivity index (χ1n) is 9.14. The van der Waals surface area contributed by atoms with E-state index >= 15 is 0 Å². The minimum absolute atomic E-state index is 0. The van der Waals surface area contributed by atoms with Gasteiger partial charge in [0.2, 0.25) is 5.91 Å². The molecule has 0 atom stereocenters. The Balaban J connectivity index is 0.00000192. The normalized spacial score (nSPS) is 30.9. The van der Waals surface area contributed by atoms with Gasteiger partial charge in [-0.3, -0.25) is 10.7 Å². The van der Waals surface area contributed by atoms with Crippen LogP contribution < -0.4 is 10.6 Å². The van der Waals surface area contributed by atoms with Gasteiger partial charge < -0.3 is 15.4 Å². The Morgan fingerprint density at radius 2 is 1.48 bits per heavy atom. The number of carbonyl (C=O) groups is 2. The van der Waals surface area contributed by atoms with Crippen molar-refractivity contribution in [2.24, 2.45) is 17.8 Å². The van der Waals surface area contributed by atoms with Gasteiger partial charge in [-0.05, 0) is 37.8 Å². The van der Waals surface area contributed by atoms with Gasteiger partial charge in [-0.2, -0.15) is 0 Å². The molecule has 0 bridgehead atoms. The third-order valence-electron chi connectivity index (χ3n) is 5.96. The van der Waals surface area contributed by atoms with Crippen molar-refractivity contribution in [3.8, 4) is 0 Å². The second-order valence-electron chi connectivity index (χ2n) is 7.31. The van der Waals surface area contributed by atoms with Gasteiger partial charge in [0.25, 0.3) is 0 Å². The third kappa shape index (κ3) is 5.01. The minimum atomic E-state index is -0.106. The van der Waals surface area contributed by atoms with Gasteiger partial charge in [0.05, 0.1) is 5.91 Å². The Labute approximate surface area is 151 Å². The summed E-state index contributed by atoms with van der Waals surface area (Å²) in [6, 6.07) is 0. The summed E-state index contributed by atoms with van der Waals surface area (Å²) >= 11 is 0. The van der Waals surface area contributed by atoms with Crippen molar-refractivity contribution in [3.63, 3.8) is 0 Å². The number of carbonyl (C=O) groups excluding carboxylic acids is 2. The molecular formula is C18H29N2O2V-. The second kappa shape index (κ2) is 9.15. The van der Waals surface area contributed by atoms with E-state index in [0.29, 0.717) is 18.8 Å². The Morgan fingerprint density at radius 3 is 2.09 bits per heavy atom. The molecule has 3 aliphatic rings. The summed E-state index contributed by atoms with van der Waals surface area (Å²) in [6.45, 7) is 2.38. The molecule has 129 valence electrons. The molecule has 0 spiro atoms. The standard InChI is InChI=1S/C18H29N2O2.V/c21-17-8-7-16(18(22)20-17)15-5-1-3-13(4-2-6-15)14-9-11-19-12-10-14;/h13-15,19H,1-12H2,(H,20,21,22);/q-1;. The molecule has 2 amide bonds. The summed E-state index contributed by atoms with van der Waals surface area (Å²) in [4.78, 5) is 23.3. The van der Waals surface area contributed by atoms with Gasteiger partial charge in [0.15, 0.2) is 0 Å². The minimum Gasteiger partial charge on any atom is -0.322 e. The van der Waals surface area contributed by atoms with Crippen LogP contribution in [0, 0.1) is 23.7 Å². The predicted octanol–water partition coefficient (Wildman–Crippen LogP) is 2.58. The number of rotatable bonds is 2. The van der Waals surface area contributed by atoms with Crippen LogP contribution in [-0.4, -0.2) is 24.9 Å². The molecule has 2 saturated heterocycles. The first kappa shape index (κ1) is 18.9. The summed E-state index contributed by atoms with van der Waals surface area (Å²) in [7, 11) is 0. The van der Waals surface area contributed by atoms with Crippen molar-refractivity contribution in [3.05, 3.63) is 5.92 Å². The van der Waals surface area contributed by atoms with Crippen molar-refractivity contribution in [2.45, 2.75) is 64.2 Å². The molecule has 3 rings (SSSR count). The third-order valence-corrected chi connectivity index (χ3v) is 5.96. The van der Waals surface area contributed by atoms with E-state index in [9.17, 15) is 9.59 Å². The molecule has 3 fully saturated rings. The maximum atomic E-state index is 12.0. The smallest absolute Gasteiger partial charge is 0.222 e. The van der Waals surface area contributed by atoms with Crippen LogP contribution in [0.1, 0.15) is 64.2 Å². The Bertz CT molecular complexity index is 400. The Hall–Kier alpha value is -0.446. The molecule has 0 aromatic carbocycles. The second-order valence-corrected chi connectivity index (χ2v) is 7.31. The number of amides is 2. The predicted molar refractivity (Wildman–Crippen MR) is 85.9 cm³/mol. The molecule has 0 aromatic heterocycles. The van der Waals surface area contributed by atoms with Gasteiger partial charge in [-0.1, -0.05) is 38.5 Å². The monoisotopic (exact) mass is 356 g/mol. The molecule has 23 heavy (non-hydrogen) atoms. The number of nitrogens with one attached hydrogen (secondary N) is 2. The van der Waals surface area contributed by atoms with E-state index in [1.165, 1.54) is 51.6 Å². The van der Waals surface area contributed by atoms with Crippen molar-refractivity contribution >= 4 is 11.8 Å². The molecule has 2 heterocycles. The van der Waals surface area contributed by atoms with Gasteiger partial charge in [-0.15, -0.1) is 12.3 Å². The zero-order valence-electron chi connectivity index (χ0n) is 14.0. The van der Waals surface area contributed by atoms with E-state index < -0.39 is 0 Å². The number of imide groups is 1. The van der Waals surface area contributed by atoms with E-state index in [0.717, 1.165) is 30.6 Å². The largest absolute Gasteiger partial charge is 0.322 e. The average molecular weight is 356 g/mol. The summed E-state index contributed by atoms with van der Waals surface area (Å²) < 4.78 is 0. The maximum Gasteiger partial charge on any atom is 0.222 e. The SMILES string of the molecule is O=C1CC[C-](C2CCCC(C3CCNCC3)CCC2)C(=O)N1.[V]. The van der Waals surface area contributed by atoms with Gasteiger partial charge in [-0.25, -0.2) is 0 Å². The van der Waals surface area contributed by atoms with E-state index in [1.807, 2.05) is 0 Å². The van der Waals surface area contributed by atoms with Gasteiger partial charge in [0.1, 0.15) is 0 Å². The van der Waals surface area contributed by atoms with E-state index in [2.05, 4.69) is 10.6 Å². The molecule has 2 aliphatic heterocycles. The quantitative estimate of drug-likeness (QED) is 0.591. The van der Waals surface area contributed by atoms with Crippen LogP contribution in [0.3, 0.4) is 0 Å². The summed E-state index contributed by atoms with van der Waals surface area (Å²) in [5.41, 5.74) is 0. The maximum absolute atomic E-state index is 12.0. The fourth-order valence-electron chi connectivity index (χ4n) is 4.70. The molecule has 1 radical (unpaired) electrons. The molecule has 5 heteroatoms. The van der Waals surface area contributed by atoms with Crippen LogP contribution in [-0.2, 0) is 28.1 Å². The zero-order chi connectivity index (χ0) is 15.4. The molecule has 2 N–H and O–H groups in total. The van der Waals surface area contributed by atoms with E-state index in [4.69, 9.17) is 0 Å². The van der Waals surface area contributed by atoms with Crippen LogP contribution in [0.5, 0.6) is 0 Å².